The van der Waals surface area contributed by atoms with E-state index in [0.29, 0.717) is 5.92 Å². The maximum absolute atomic E-state index is 5.66. The van der Waals surface area contributed by atoms with Crippen molar-refractivity contribution in [3.8, 4) is 0 Å². The summed E-state index contributed by atoms with van der Waals surface area (Å²) >= 11 is 7.53. The van der Waals surface area contributed by atoms with E-state index in [-0.39, 0.29) is 0 Å². The van der Waals surface area contributed by atoms with Gasteiger partial charge in [-0.2, -0.15) is 0 Å². The Hall–Kier alpha value is -0.0100. The van der Waals surface area contributed by atoms with Crippen LogP contribution >= 0.6 is 22.9 Å². The van der Waals surface area contributed by atoms with E-state index in [1.165, 1.54) is 9.75 Å². The molecule has 0 nitrogen and oxygen atoms in total. The molecule has 1 aromatic rings. The summed E-state index contributed by atoms with van der Waals surface area (Å²) in [6.45, 7) is 4.37. The molecule has 0 saturated carbocycles. The van der Waals surface area contributed by atoms with Gasteiger partial charge in [-0.1, -0.05) is 6.92 Å². The Bertz CT molecular complexity index is 217. The summed E-state index contributed by atoms with van der Waals surface area (Å²) in [4.78, 5) is 2.85. The zero-order chi connectivity index (χ0) is 8.27. The van der Waals surface area contributed by atoms with Crippen molar-refractivity contribution < 1.29 is 0 Å². The third-order valence-electron chi connectivity index (χ3n) is 1.79. The maximum Gasteiger partial charge on any atom is 0.0229 e. The lowest BCUT2D eigenvalue weighted by molar-refractivity contribution is 0.753. The van der Waals surface area contributed by atoms with Crippen LogP contribution in [-0.4, -0.2) is 5.88 Å². The van der Waals surface area contributed by atoms with Crippen LogP contribution in [0.4, 0.5) is 0 Å². The fourth-order valence-electron chi connectivity index (χ4n) is 1.02. The minimum absolute atomic E-state index is 0.631. The topological polar surface area (TPSA) is 0 Å². The van der Waals surface area contributed by atoms with Crippen LogP contribution in [0, 0.1) is 6.92 Å². The van der Waals surface area contributed by atoms with E-state index in [0.717, 1.165) is 12.3 Å². The first-order valence-corrected chi connectivity index (χ1v) is 5.21. The van der Waals surface area contributed by atoms with E-state index in [2.05, 4.69) is 26.0 Å². The summed E-state index contributed by atoms with van der Waals surface area (Å²) in [6, 6.07) is 4.38. The lowest BCUT2D eigenvalue weighted by atomic mass is 10.1. The molecule has 2 heteroatoms. The number of hydrogen-bond acceptors (Lipinski definition) is 1. The number of hydrogen-bond donors (Lipinski definition) is 0. The Labute approximate surface area is 77.2 Å². The molecule has 0 aliphatic carbocycles. The van der Waals surface area contributed by atoms with Crippen LogP contribution in [0.15, 0.2) is 12.1 Å². The molecule has 0 saturated heterocycles. The molecule has 1 aromatic heterocycles. The van der Waals surface area contributed by atoms with Gasteiger partial charge in [-0.3, -0.25) is 0 Å². The van der Waals surface area contributed by atoms with Crippen molar-refractivity contribution >= 4 is 22.9 Å². The highest BCUT2D eigenvalue weighted by Gasteiger charge is 2.05. The highest BCUT2D eigenvalue weighted by atomic mass is 35.5. The van der Waals surface area contributed by atoms with Crippen LogP contribution in [-0.2, 0) is 0 Å². The summed E-state index contributed by atoms with van der Waals surface area (Å²) in [5, 5.41) is 0. The Morgan fingerprint density at radius 3 is 2.73 bits per heavy atom. The molecule has 0 spiro atoms. The summed E-state index contributed by atoms with van der Waals surface area (Å²) < 4.78 is 0. The number of aryl methyl sites for hydroxylation is 1. The molecule has 0 aromatic carbocycles. The third-order valence-corrected chi connectivity index (χ3v) is 3.24. The van der Waals surface area contributed by atoms with Crippen molar-refractivity contribution in [3.05, 3.63) is 21.9 Å². The Morgan fingerprint density at radius 1 is 1.55 bits per heavy atom. The lowest BCUT2D eigenvalue weighted by Gasteiger charge is -2.04. The summed E-state index contributed by atoms with van der Waals surface area (Å²) in [5.74, 6) is 1.39. The minimum Gasteiger partial charge on any atom is -0.145 e. The van der Waals surface area contributed by atoms with E-state index in [9.17, 15) is 0 Å². The second-order valence-electron chi connectivity index (χ2n) is 2.83. The van der Waals surface area contributed by atoms with Crippen LogP contribution in [0.2, 0.25) is 0 Å². The van der Waals surface area contributed by atoms with Gasteiger partial charge in [0.2, 0.25) is 0 Å². The monoisotopic (exact) mass is 188 g/mol. The second-order valence-corrected chi connectivity index (χ2v) is 4.52. The van der Waals surface area contributed by atoms with Gasteiger partial charge in [0.05, 0.1) is 0 Å². The highest BCUT2D eigenvalue weighted by molar-refractivity contribution is 7.12. The van der Waals surface area contributed by atoms with Crippen LogP contribution in [0.5, 0.6) is 0 Å². The molecule has 1 atom stereocenters. The third kappa shape index (κ3) is 2.49. The summed E-state index contributed by atoms with van der Waals surface area (Å²) in [5.41, 5.74) is 0. The average Bonchev–Trinajstić information content (AvgIpc) is 2.36. The molecule has 0 fully saturated rings. The largest absolute Gasteiger partial charge is 0.145 e. The van der Waals surface area contributed by atoms with Gasteiger partial charge in [0.15, 0.2) is 0 Å². The predicted molar refractivity (Wildman–Crippen MR) is 52.8 cm³/mol. The van der Waals surface area contributed by atoms with Crippen molar-refractivity contribution in [2.24, 2.45) is 0 Å². The molecular formula is C9H13ClS. The predicted octanol–water partition coefficient (Wildman–Crippen LogP) is 3.79. The highest BCUT2D eigenvalue weighted by Crippen LogP contribution is 2.26. The maximum atomic E-state index is 5.66. The van der Waals surface area contributed by atoms with Gasteiger partial charge in [-0.05, 0) is 31.4 Å². The molecule has 0 radical (unpaired) electrons. The summed E-state index contributed by atoms with van der Waals surface area (Å²) in [6.07, 6.45) is 1.08. The SMILES string of the molecule is Cc1ccc(C(C)CCCl)s1. The van der Waals surface area contributed by atoms with E-state index in [1.54, 1.807) is 0 Å². The van der Waals surface area contributed by atoms with Gasteiger partial charge in [-0.15, -0.1) is 22.9 Å². The molecule has 0 aliphatic heterocycles. The van der Waals surface area contributed by atoms with Gasteiger partial charge in [-0.25, -0.2) is 0 Å². The quantitative estimate of drug-likeness (QED) is 0.634. The zero-order valence-electron chi connectivity index (χ0n) is 6.93. The normalized spacial score (nSPS) is 13.4. The number of alkyl halides is 1. The Balaban J connectivity index is 2.60. The summed E-state index contributed by atoms with van der Waals surface area (Å²) in [7, 11) is 0. The second kappa shape index (κ2) is 4.13. The van der Waals surface area contributed by atoms with E-state index in [4.69, 9.17) is 11.6 Å². The van der Waals surface area contributed by atoms with Gasteiger partial charge < -0.3 is 0 Å². The Morgan fingerprint density at radius 2 is 2.27 bits per heavy atom. The molecule has 62 valence electrons. The van der Waals surface area contributed by atoms with Gasteiger partial charge in [0.25, 0.3) is 0 Å². The van der Waals surface area contributed by atoms with Crippen molar-refractivity contribution in [1.82, 2.24) is 0 Å². The smallest absolute Gasteiger partial charge is 0.0229 e. The van der Waals surface area contributed by atoms with Gasteiger partial charge in [0.1, 0.15) is 0 Å². The van der Waals surface area contributed by atoms with Crippen LogP contribution in [0.3, 0.4) is 0 Å². The number of rotatable bonds is 3. The first-order valence-electron chi connectivity index (χ1n) is 3.86. The van der Waals surface area contributed by atoms with Crippen molar-refractivity contribution in [3.63, 3.8) is 0 Å². The lowest BCUT2D eigenvalue weighted by Crippen LogP contribution is -1.89. The van der Waals surface area contributed by atoms with Crippen LogP contribution in [0.1, 0.15) is 29.0 Å². The van der Waals surface area contributed by atoms with Gasteiger partial charge in [0, 0.05) is 15.6 Å². The standard InChI is InChI=1S/C9H13ClS/c1-7(5-6-10)9-4-3-8(2)11-9/h3-4,7H,5-6H2,1-2H3. The molecule has 0 bridgehead atoms. The molecular weight excluding hydrogens is 176 g/mol. The van der Waals surface area contributed by atoms with E-state index in [1.807, 2.05) is 11.3 Å². The number of thiophene rings is 1. The molecule has 1 rings (SSSR count). The molecule has 0 N–H and O–H groups in total. The first-order chi connectivity index (χ1) is 5.24. The molecule has 0 amide bonds. The van der Waals surface area contributed by atoms with Crippen molar-refractivity contribution in [2.75, 3.05) is 5.88 Å². The molecule has 1 heterocycles. The molecule has 11 heavy (non-hydrogen) atoms. The van der Waals surface area contributed by atoms with E-state index >= 15 is 0 Å². The molecule has 1 unspecified atom stereocenters. The van der Waals surface area contributed by atoms with Crippen LogP contribution < -0.4 is 0 Å². The van der Waals surface area contributed by atoms with Gasteiger partial charge >= 0.3 is 0 Å². The van der Waals surface area contributed by atoms with Crippen LogP contribution in [0.25, 0.3) is 0 Å². The number of halogens is 1. The van der Waals surface area contributed by atoms with Crippen molar-refractivity contribution in [2.45, 2.75) is 26.2 Å². The zero-order valence-corrected chi connectivity index (χ0v) is 8.50. The van der Waals surface area contributed by atoms with E-state index < -0.39 is 0 Å². The fraction of sp³-hybridized carbons (Fsp3) is 0.556. The fourth-order valence-corrected chi connectivity index (χ4v) is 2.31. The van der Waals surface area contributed by atoms with Crippen molar-refractivity contribution in [1.29, 1.82) is 0 Å². The molecule has 0 aliphatic rings. The minimum atomic E-state index is 0.631. The first kappa shape index (κ1) is 9.08. The Kier molecular flexibility index (Phi) is 3.41. The average molecular weight is 189 g/mol.